The van der Waals surface area contributed by atoms with E-state index in [4.69, 9.17) is 26.5 Å². The largest absolute Gasteiger partial charge is 0.459 e. The summed E-state index contributed by atoms with van der Waals surface area (Å²) in [5, 5.41) is 21.9. The summed E-state index contributed by atoms with van der Waals surface area (Å²) in [5.41, 5.74) is 2.35. The molecule has 0 unspecified atom stereocenters. The summed E-state index contributed by atoms with van der Waals surface area (Å²) in [6.45, 7) is 4.00. The molecule has 0 aliphatic rings. The van der Waals surface area contributed by atoms with Crippen LogP contribution in [0.25, 0.3) is 11.0 Å². The van der Waals surface area contributed by atoms with Crippen molar-refractivity contribution in [1.82, 2.24) is 0 Å². The van der Waals surface area contributed by atoms with Crippen molar-refractivity contribution in [1.29, 1.82) is 10.5 Å². The normalized spacial score (nSPS) is 9.85. The highest BCUT2D eigenvalue weighted by atomic mass is 35.5. The van der Waals surface area contributed by atoms with E-state index in [1.165, 1.54) is 6.20 Å². The lowest BCUT2D eigenvalue weighted by Gasteiger charge is -2.03. The Bertz CT molecular complexity index is 759. The first-order valence-electron chi connectivity index (χ1n) is 6.09. The number of nitriles is 2. The lowest BCUT2D eigenvalue weighted by molar-refractivity contribution is 0.554. The second kappa shape index (κ2) is 5.69. The molecule has 0 radical (unpaired) electrons. The Morgan fingerprint density at radius 2 is 2.10 bits per heavy atom. The van der Waals surface area contributed by atoms with E-state index in [-0.39, 0.29) is 5.57 Å². The number of halogens is 1. The van der Waals surface area contributed by atoms with Gasteiger partial charge in [-0.1, -0.05) is 18.5 Å². The highest BCUT2D eigenvalue weighted by Crippen LogP contribution is 2.34. The maximum atomic E-state index is 8.73. The van der Waals surface area contributed by atoms with E-state index in [1.807, 2.05) is 19.9 Å². The number of nitrogens with one attached hydrogen (secondary N) is 1. The molecule has 1 heterocycles. The third-order valence-electron chi connectivity index (χ3n) is 3.04. The van der Waals surface area contributed by atoms with Gasteiger partial charge < -0.3 is 9.73 Å². The Labute approximate surface area is 121 Å². The molecule has 0 fully saturated rings. The number of aryl methyl sites for hydroxylation is 2. The van der Waals surface area contributed by atoms with Crippen molar-refractivity contribution in [2.24, 2.45) is 0 Å². The highest BCUT2D eigenvalue weighted by molar-refractivity contribution is 6.32. The van der Waals surface area contributed by atoms with Gasteiger partial charge in [-0.15, -0.1) is 0 Å². The van der Waals surface area contributed by atoms with Gasteiger partial charge in [-0.3, -0.25) is 0 Å². The molecule has 0 spiro atoms. The second-order valence-corrected chi connectivity index (χ2v) is 4.70. The lowest BCUT2D eigenvalue weighted by atomic mass is 10.1. The molecular formula is C15H12ClN3O. The predicted octanol–water partition coefficient (Wildman–Crippen LogP) is 4.30. The maximum absolute atomic E-state index is 8.73. The van der Waals surface area contributed by atoms with Gasteiger partial charge in [-0.25, -0.2) is 0 Å². The molecule has 100 valence electrons. The Morgan fingerprint density at radius 3 is 2.70 bits per heavy atom. The van der Waals surface area contributed by atoms with Crippen molar-refractivity contribution in [3.63, 3.8) is 0 Å². The number of nitrogens with zero attached hydrogens (tertiary/aromatic N) is 2. The van der Waals surface area contributed by atoms with Crippen LogP contribution in [0.5, 0.6) is 0 Å². The summed E-state index contributed by atoms with van der Waals surface area (Å²) in [4.78, 5) is 0. The quantitative estimate of drug-likeness (QED) is 0.853. The number of allylic oxidation sites excluding steroid dienone is 1. The monoisotopic (exact) mass is 285 g/mol. The molecule has 2 aromatic rings. The topological polar surface area (TPSA) is 72.8 Å². The number of furan rings is 1. The zero-order valence-corrected chi connectivity index (χ0v) is 11.9. The van der Waals surface area contributed by atoms with E-state index in [0.29, 0.717) is 16.3 Å². The molecule has 0 atom stereocenters. The van der Waals surface area contributed by atoms with Crippen LogP contribution in [0.15, 0.2) is 28.3 Å². The summed E-state index contributed by atoms with van der Waals surface area (Å²) in [7, 11) is 0. The maximum Gasteiger partial charge on any atom is 0.158 e. The smallest absolute Gasteiger partial charge is 0.158 e. The number of rotatable bonds is 3. The van der Waals surface area contributed by atoms with Crippen LogP contribution in [0, 0.1) is 29.6 Å². The summed E-state index contributed by atoms with van der Waals surface area (Å²) in [5.74, 6) is 0.898. The zero-order chi connectivity index (χ0) is 14.7. The van der Waals surface area contributed by atoms with Crippen molar-refractivity contribution >= 4 is 28.3 Å². The first-order chi connectivity index (χ1) is 9.60. The summed E-state index contributed by atoms with van der Waals surface area (Å²) < 4.78 is 5.82. The summed E-state index contributed by atoms with van der Waals surface area (Å²) in [6, 6.07) is 7.12. The van der Waals surface area contributed by atoms with Crippen molar-refractivity contribution in [2.75, 3.05) is 5.32 Å². The molecule has 2 rings (SSSR count). The fourth-order valence-electron chi connectivity index (χ4n) is 2.02. The molecule has 0 amide bonds. The SMILES string of the molecule is CCc1oc2c(NC=C(C#N)C#N)cc(Cl)cc2c1C. The van der Waals surface area contributed by atoms with Crippen LogP contribution >= 0.6 is 11.6 Å². The fraction of sp³-hybridized carbons (Fsp3) is 0.200. The van der Waals surface area contributed by atoms with Gasteiger partial charge in [0.15, 0.2) is 5.58 Å². The minimum absolute atomic E-state index is 0.0166. The van der Waals surface area contributed by atoms with E-state index < -0.39 is 0 Å². The molecule has 1 N–H and O–H groups in total. The first-order valence-corrected chi connectivity index (χ1v) is 6.47. The Hall–Kier alpha value is -2.43. The van der Waals surface area contributed by atoms with E-state index in [0.717, 1.165) is 23.1 Å². The molecule has 0 saturated carbocycles. The van der Waals surface area contributed by atoms with Crippen LogP contribution in [-0.4, -0.2) is 0 Å². The molecule has 1 aromatic heterocycles. The molecule has 0 bridgehead atoms. The molecule has 4 nitrogen and oxygen atoms in total. The van der Waals surface area contributed by atoms with E-state index in [1.54, 1.807) is 18.2 Å². The Balaban J connectivity index is 2.57. The van der Waals surface area contributed by atoms with Gasteiger partial charge in [-0.05, 0) is 24.6 Å². The average molecular weight is 286 g/mol. The van der Waals surface area contributed by atoms with E-state index in [9.17, 15) is 0 Å². The third-order valence-corrected chi connectivity index (χ3v) is 3.25. The standard InChI is InChI=1S/C15H12ClN3O/c1-3-14-9(2)12-4-11(16)5-13(15(12)20-14)19-8-10(6-17)7-18/h4-5,8,19H,3H2,1-2H3. The van der Waals surface area contributed by atoms with Crippen LogP contribution in [0.4, 0.5) is 5.69 Å². The van der Waals surface area contributed by atoms with Gasteiger partial charge in [0.2, 0.25) is 0 Å². The molecule has 20 heavy (non-hydrogen) atoms. The van der Waals surface area contributed by atoms with Gasteiger partial charge >= 0.3 is 0 Å². The number of fused-ring (bicyclic) bond motifs is 1. The number of benzene rings is 1. The number of anilines is 1. The molecule has 1 aromatic carbocycles. The minimum atomic E-state index is -0.0166. The van der Waals surface area contributed by atoms with Gasteiger partial charge in [0.1, 0.15) is 23.5 Å². The lowest BCUT2D eigenvalue weighted by Crippen LogP contribution is -1.90. The van der Waals surface area contributed by atoms with Gasteiger partial charge in [-0.2, -0.15) is 10.5 Å². The molecule has 0 saturated heterocycles. The zero-order valence-electron chi connectivity index (χ0n) is 11.1. The van der Waals surface area contributed by atoms with Crippen molar-refractivity contribution in [3.8, 4) is 12.1 Å². The van der Waals surface area contributed by atoms with Gasteiger partial charge in [0.05, 0.1) is 5.69 Å². The van der Waals surface area contributed by atoms with Gasteiger partial charge in [0, 0.05) is 23.0 Å². The number of hydrogen-bond donors (Lipinski definition) is 1. The van der Waals surface area contributed by atoms with Crippen molar-refractivity contribution in [2.45, 2.75) is 20.3 Å². The van der Waals surface area contributed by atoms with Crippen LogP contribution in [0.2, 0.25) is 5.02 Å². The van der Waals surface area contributed by atoms with Gasteiger partial charge in [0.25, 0.3) is 0 Å². The van der Waals surface area contributed by atoms with Crippen molar-refractivity contribution < 1.29 is 4.42 Å². The third kappa shape index (κ3) is 2.47. The van der Waals surface area contributed by atoms with E-state index >= 15 is 0 Å². The molecule has 0 aliphatic carbocycles. The van der Waals surface area contributed by atoms with Crippen LogP contribution in [-0.2, 0) is 6.42 Å². The van der Waals surface area contributed by atoms with Crippen LogP contribution in [0.3, 0.4) is 0 Å². The molecule has 5 heteroatoms. The van der Waals surface area contributed by atoms with E-state index in [2.05, 4.69) is 5.32 Å². The minimum Gasteiger partial charge on any atom is -0.459 e. The average Bonchev–Trinajstić information content (AvgIpc) is 2.77. The first kappa shape index (κ1) is 14.0. The highest BCUT2D eigenvalue weighted by Gasteiger charge is 2.13. The Morgan fingerprint density at radius 1 is 1.40 bits per heavy atom. The van der Waals surface area contributed by atoms with Crippen LogP contribution in [0.1, 0.15) is 18.2 Å². The second-order valence-electron chi connectivity index (χ2n) is 4.26. The summed E-state index contributed by atoms with van der Waals surface area (Å²) in [6.07, 6.45) is 2.13. The van der Waals surface area contributed by atoms with Crippen LogP contribution < -0.4 is 5.32 Å². The predicted molar refractivity (Wildman–Crippen MR) is 78.3 cm³/mol. The summed E-state index contributed by atoms with van der Waals surface area (Å²) >= 11 is 6.10. The number of hydrogen-bond acceptors (Lipinski definition) is 4. The fourth-order valence-corrected chi connectivity index (χ4v) is 2.23. The van der Waals surface area contributed by atoms with Crippen molar-refractivity contribution in [3.05, 3.63) is 40.3 Å². The molecule has 0 aliphatic heterocycles. The Kier molecular flexibility index (Phi) is 3.98. The molecular weight excluding hydrogens is 274 g/mol.